The van der Waals surface area contributed by atoms with Crippen LogP contribution in [0.25, 0.3) is 10.8 Å². The number of rotatable bonds is 4. The summed E-state index contributed by atoms with van der Waals surface area (Å²) >= 11 is 0. The van der Waals surface area contributed by atoms with Gasteiger partial charge in [0.25, 0.3) is 0 Å². The van der Waals surface area contributed by atoms with E-state index in [1.807, 2.05) is 37.3 Å². The molecule has 2 aliphatic rings. The molecule has 0 radical (unpaired) electrons. The van der Waals surface area contributed by atoms with E-state index in [4.69, 9.17) is 0 Å². The summed E-state index contributed by atoms with van der Waals surface area (Å²) in [5, 5.41) is 0.878. The van der Waals surface area contributed by atoms with Crippen LogP contribution >= 0.6 is 0 Å². The van der Waals surface area contributed by atoms with Gasteiger partial charge in [-0.05, 0) is 98.1 Å². The normalized spacial score (nSPS) is 28.0. The SMILES string of the molecule is C/C=C/CCc1ccc2cc(C3CCC4CC(C)CCC4C3)cc(F)c2c1F. The van der Waals surface area contributed by atoms with Crippen molar-refractivity contribution in [1.82, 2.24) is 0 Å². The van der Waals surface area contributed by atoms with Gasteiger partial charge < -0.3 is 0 Å². The van der Waals surface area contributed by atoms with Gasteiger partial charge in [-0.3, -0.25) is 0 Å². The molecule has 0 amide bonds. The minimum absolute atomic E-state index is 0.168. The molecule has 4 atom stereocenters. The van der Waals surface area contributed by atoms with Gasteiger partial charge in [-0.25, -0.2) is 8.78 Å². The molecule has 2 aliphatic carbocycles. The van der Waals surface area contributed by atoms with Gasteiger partial charge in [-0.2, -0.15) is 0 Å². The summed E-state index contributed by atoms with van der Waals surface area (Å²) in [6, 6.07) is 7.42. The molecule has 2 saturated carbocycles. The molecule has 0 aromatic heterocycles. The summed E-state index contributed by atoms with van der Waals surface area (Å²) in [5.41, 5.74) is 1.68. The first-order valence-electron chi connectivity index (χ1n) is 11.1. The third-order valence-corrected chi connectivity index (χ3v) is 7.27. The van der Waals surface area contributed by atoms with Crippen molar-refractivity contribution in [3.05, 3.63) is 59.2 Å². The van der Waals surface area contributed by atoms with Gasteiger partial charge in [0.2, 0.25) is 0 Å². The van der Waals surface area contributed by atoms with Crippen molar-refractivity contribution >= 4 is 10.8 Å². The maximum atomic E-state index is 15.0. The maximum absolute atomic E-state index is 15.0. The van der Waals surface area contributed by atoms with Crippen molar-refractivity contribution in [2.75, 3.05) is 0 Å². The molecule has 4 rings (SSSR count). The van der Waals surface area contributed by atoms with E-state index in [1.165, 1.54) is 32.1 Å². The highest BCUT2D eigenvalue weighted by atomic mass is 19.1. The lowest BCUT2D eigenvalue weighted by Crippen LogP contribution is -2.29. The van der Waals surface area contributed by atoms with Crippen molar-refractivity contribution < 1.29 is 8.78 Å². The number of fused-ring (bicyclic) bond motifs is 2. The molecule has 0 nitrogen and oxygen atoms in total. The zero-order chi connectivity index (χ0) is 19.7. The minimum Gasteiger partial charge on any atom is -0.206 e. The molecule has 0 N–H and O–H groups in total. The fraction of sp³-hybridized carbons (Fsp3) is 0.538. The first-order chi connectivity index (χ1) is 13.6. The largest absolute Gasteiger partial charge is 0.206 e. The van der Waals surface area contributed by atoms with Gasteiger partial charge in [0.1, 0.15) is 11.6 Å². The lowest BCUT2D eigenvalue weighted by molar-refractivity contribution is 0.124. The van der Waals surface area contributed by atoms with Crippen LogP contribution in [0.2, 0.25) is 0 Å². The number of benzene rings is 2. The Morgan fingerprint density at radius 1 is 1.00 bits per heavy atom. The Morgan fingerprint density at radius 3 is 2.61 bits per heavy atom. The molecule has 2 heteroatoms. The number of halogens is 2. The molecule has 0 heterocycles. The van der Waals surface area contributed by atoms with Crippen molar-refractivity contribution in [1.29, 1.82) is 0 Å². The number of hydrogen-bond donors (Lipinski definition) is 0. The Labute approximate surface area is 168 Å². The molecule has 2 aromatic carbocycles. The quantitative estimate of drug-likeness (QED) is 0.471. The molecule has 0 spiro atoms. The molecule has 0 saturated heterocycles. The summed E-state index contributed by atoms with van der Waals surface area (Å²) < 4.78 is 29.9. The first-order valence-corrected chi connectivity index (χ1v) is 11.1. The molecule has 4 unspecified atom stereocenters. The predicted octanol–water partition coefficient (Wildman–Crippen LogP) is 7.95. The predicted molar refractivity (Wildman–Crippen MR) is 114 cm³/mol. The van der Waals surface area contributed by atoms with Crippen molar-refractivity contribution in [3.8, 4) is 0 Å². The summed E-state index contributed by atoms with van der Waals surface area (Å²) in [4.78, 5) is 0. The molecule has 2 fully saturated rings. The van der Waals surface area contributed by atoms with Gasteiger partial charge in [-0.1, -0.05) is 43.7 Å². The van der Waals surface area contributed by atoms with E-state index in [9.17, 15) is 8.78 Å². The highest BCUT2D eigenvalue weighted by molar-refractivity contribution is 5.85. The second-order valence-corrected chi connectivity index (χ2v) is 9.20. The molecule has 150 valence electrons. The molecular weight excluding hydrogens is 350 g/mol. The van der Waals surface area contributed by atoms with Gasteiger partial charge >= 0.3 is 0 Å². The van der Waals surface area contributed by atoms with E-state index in [0.717, 1.165) is 36.2 Å². The van der Waals surface area contributed by atoms with Gasteiger partial charge in [0, 0.05) is 0 Å². The third-order valence-electron chi connectivity index (χ3n) is 7.27. The molecular formula is C26H32F2. The Kier molecular flexibility index (Phi) is 5.85. The van der Waals surface area contributed by atoms with Gasteiger partial charge in [0.15, 0.2) is 0 Å². The molecule has 28 heavy (non-hydrogen) atoms. The van der Waals surface area contributed by atoms with E-state index >= 15 is 0 Å². The summed E-state index contributed by atoms with van der Waals surface area (Å²) in [6.45, 7) is 4.33. The molecule has 2 aromatic rings. The van der Waals surface area contributed by atoms with Crippen LogP contribution in [0, 0.1) is 29.4 Å². The van der Waals surface area contributed by atoms with Crippen LogP contribution in [-0.4, -0.2) is 0 Å². The molecule has 0 bridgehead atoms. The Hall–Kier alpha value is -1.70. The van der Waals surface area contributed by atoms with E-state index in [0.29, 0.717) is 23.3 Å². The summed E-state index contributed by atoms with van der Waals surface area (Å²) in [5.74, 6) is 2.17. The smallest absolute Gasteiger partial charge is 0.137 e. The lowest BCUT2D eigenvalue weighted by Gasteiger charge is -2.41. The average molecular weight is 383 g/mol. The van der Waals surface area contributed by atoms with Crippen molar-refractivity contribution in [3.63, 3.8) is 0 Å². The Balaban J connectivity index is 1.58. The van der Waals surface area contributed by atoms with Crippen LogP contribution < -0.4 is 0 Å². The minimum atomic E-state index is -0.391. The van der Waals surface area contributed by atoms with Crippen LogP contribution in [0.15, 0.2) is 36.4 Å². The summed E-state index contributed by atoms with van der Waals surface area (Å²) in [6.07, 6.45) is 13.0. The van der Waals surface area contributed by atoms with Crippen molar-refractivity contribution in [2.45, 2.75) is 71.1 Å². The zero-order valence-corrected chi connectivity index (χ0v) is 17.2. The van der Waals surface area contributed by atoms with Crippen LogP contribution in [0.4, 0.5) is 8.78 Å². The topological polar surface area (TPSA) is 0 Å². The Morgan fingerprint density at radius 2 is 1.79 bits per heavy atom. The van der Waals surface area contributed by atoms with E-state index in [2.05, 4.69) is 6.92 Å². The maximum Gasteiger partial charge on any atom is 0.137 e. The van der Waals surface area contributed by atoms with Crippen LogP contribution in [0.5, 0.6) is 0 Å². The number of aryl methyl sites for hydroxylation is 1. The monoisotopic (exact) mass is 382 g/mol. The summed E-state index contributed by atoms with van der Waals surface area (Å²) in [7, 11) is 0. The average Bonchev–Trinajstić information content (AvgIpc) is 2.69. The fourth-order valence-electron chi connectivity index (χ4n) is 5.70. The zero-order valence-electron chi connectivity index (χ0n) is 17.2. The number of allylic oxidation sites excluding steroid dienone is 2. The van der Waals surface area contributed by atoms with Crippen LogP contribution in [-0.2, 0) is 6.42 Å². The second-order valence-electron chi connectivity index (χ2n) is 9.20. The highest BCUT2D eigenvalue weighted by Gasteiger charge is 2.35. The van der Waals surface area contributed by atoms with E-state index < -0.39 is 5.82 Å². The van der Waals surface area contributed by atoms with Crippen molar-refractivity contribution in [2.24, 2.45) is 17.8 Å². The van der Waals surface area contributed by atoms with Gasteiger partial charge in [-0.15, -0.1) is 0 Å². The third kappa shape index (κ3) is 3.88. The molecule has 0 aliphatic heterocycles. The second kappa shape index (κ2) is 8.35. The highest BCUT2D eigenvalue weighted by Crippen LogP contribution is 2.48. The lowest BCUT2D eigenvalue weighted by atomic mass is 9.64. The standard InChI is InChI=1S/C26H32F2/c1-3-4-5-6-18-9-12-22-15-23(16-24(27)25(22)26(18)28)21-11-10-19-13-17(2)7-8-20(19)14-21/h3-4,9,12,15-17,19-21H,5-8,10-11,13-14H2,1-2H3/b4-3+. The van der Waals surface area contributed by atoms with E-state index in [1.54, 1.807) is 6.07 Å². The first kappa shape index (κ1) is 19.6. The fourth-order valence-corrected chi connectivity index (χ4v) is 5.70. The van der Waals surface area contributed by atoms with Crippen LogP contribution in [0.1, 0.15) is 75.8 Å². The van der Waals surface area contributed by atoms with Gasteiger partial charge in [0.05, 0.1) is 5.39 Å². The van der Waals surface area contributed by atoms with Crippen LogP contribution in [0.3, 0.4) is 0 Å². The van der Waals surface area contributed by atoms with E-state index in [-0.39, 0.29) is 11.2 Å². The number of hydrogen-bond acceptors (Lipinski definition) is 0. The Bertz CT molecular complexity index is 866.